The molecule has 154 valence electrons. The lowest BCUT2D eigenvalue weighted by Crippen LogP contribution is -2.52. The van der Waals surface area contributed by atoms with E-state index in [0.717, 1.165) is 44.5 Å². The maximum absolute atomic E-state index is 12.8. The highest BCUT2D eigenvalue weighted by Gasteiger charge is 2.41. The number of carbonyl (C=O) groups excluding carboxylic acids is 2. The average Bonchev–Trinajstić information content (AvgIpc) is 3.27. The lowest BCUT2D eigenvalue weighted by atomic mass is 9.72. The molecule has 4 rings (SSSR count). The van der Waals surface area contributed by atoms with Gasteiger partial charge >= 0.3 is 0 Å². The van der Waals surface area contributed by atoms with Crippen LogP contribution in [0.4, 0.5) is 0 Å². The molecular formula is C22H29N5O2. The van der Waals surface area contributed by atoms with E-state index in [0.29, 0.717) is 19.4 Å². The van der Waals surface area contributed by atoms with Crippen LogP contribution in [0.2, 0.25) is 0 Å². The number of rotatable bonds is 5. The molecule has 0 unspecified atom stereocenters. The van der Waals surface area contributed by atoms with Gasteiger partial charge in [0, 0.05) is 69.8 Å². The Morgan fingerprint density at radius 1 is 1.21 bits per heavy atom. The van der Waals surface area contributed by atoms with E-state index >= 15 is 0 Å². The lowest BCUT2D eigenvalue weighted by molar-refractivity contribution is -0.143. The Morgan fingerprint density at radius 2 is 2.03 bits per heavy atom. The Hall–Kier alpha value is -2.70. The molecule has 2 fully saturated rings. The zero-order valence-corrected chi connectivity index (χ0v) is 17.0. The zero-order chi connectivity index (χ0) is 20.3. The van der Waals surface area contributed by atoms with Gasteiger partial charge in [-0.15, -0.1) is 0 Å². The largest absolute Gasteiger partial charge is 0.343 e. The Morgan fingerprint density at radius 3 is 2.72 bits per heavy atom. The summed E-state index contributed by atoms with van der Waals surface area (Å²) in [6.07, 6.45) is 13.0. The highest BCUT2D eigenvalue weighted by atomic mass is 16.2. The predicted octanol–water partition coefficient (Wildman–Crippen LogP) is 2.66. The van der Waals surface area contributed by atoms with E-state index in [-0.39, 0.29) is 23.3 Å². The first-order chi connectivity index (χ1) is 14.0. The molecule has 0 aromatic carbocycles. The van der Waals surface area contributed by atoms with Gasteiger partial charge in [-0.05, 0) is 43.2 Å². The number of aromatic nitrogens is 3. The van der Waals surface area contributed by atoms with Gasteiger partial charge < -0.3 is 14.4 Å². The number of imidazole rings is 1. The maximum atomic E-state index is 12.8. The van der Waals surface area contributed by atoms with Crippen molar-refractivity contribution in [2.45, 2.75) is 51.6 Å². The Balaban J connectivity index is 1.33. The van der Waals surface area contributed by atoms with Crippen LogP contribution in [0, 0.1) is 5.41 Å². The van der Waals surface area contributed by atoms with Crippen molar-refractivity contribution >= 4 is 11.8 Å². The van der Waals surface area contributed by atoms with Crippen molar-refractivity contribution in [2.24, 2.45) is 5.41 Å². The van der Waals surface area contributed by atoms with Gasteiger partial charge in [-0.2, -0.15) is 0 Å². The summed E-state index contributed by atoms with van der Waals surface area (Å²) in [7, 11) is 0. The molecule has 7 nitrogen and oxygen atoms in total. The van der Waals surface area contributed by atoms with Crippen molar-refractivity contribution in [1.29, 1.82) is 0 Å². The molecule has 1 atom stereocenters. The molecule has 2 aromatic heterocycles. The smallest absolute Gasteiger partial charge is 0.224 e. The Kier molecular flexibility index (Phi) is 5.65. The second-order valence-corrected chi connectivity index (χ2v) is 8.55. The van der Waals surface area contributed by atoms with Gasteiger partial charge in [0.2, 0.25) is 11.8 Å². The topological polar surface area (TPSA) is 71.3 Å². The fourth-order valence-electron chi connectivity index (χ4n) is 4.61. The summed E-state index contributed by atoms with van der Waals surface area (Å²) in [5.74, 6) is 0.437. The highest BCUT2D eigenvalue weighted by Crippen LogP contribution is 2.40. The third kappa shape index (κ3) is 4.49. The van der Waals surface area contributed by atoms with Crippen molar-refractivity contribution in [2.75, 3.05) is 19.6 Å². The van der Waals surface area contributed by atoms with Gasteiger partial charge in [-0.25, -0.2) is 4.98 Å². The van der Waals surface area contributed by atoms with Crippen molar-refractivity contribution in [3.05, 3.63) is 48.8 Å². The number of pyridine rings is 1. The monoisotopic (exact) mass is 395 g/mol. The number of likely N-dealkylation sites (tertiary alicyclic amines) is 2. The molecule has 2 aliphatic rings. The zero-order valence-electron chi connectivity index (χ0n) is 17.0. The van der Waals surface area contributed by atoms with Crippen LogP contribution in [0.1, 0.15) is 50.6 Å². The lowest BCUT2D eigenvalue weighted by Gasteiger charge is -2.47. The maximum Gasteiger partial charge on any atom is 0.224 e. The van der Waals surface area contributed by atoms with Crippen LogP contribution in [0.25, 0.3) is 0 Å². The minimum absolute atomic E-state index is 0.114. The van der Waals surface area contributed by atoms with Gasteiger partial charge in [0.05, 0.1) is 6.33 Å². The summed E-state index contributed by atoms with van der Waals surface area (Å²) in [5.41, 5.74) is 1.21. The van der Waals surface area contributed by atoms with E-state index < -0.39 is 0 Å². The third-order valence-corrected chi connectivity index (χ3v) is 6.53. The van der Waals surface area contributed by atoms with Crippen molar-refractivity contribution < 1.29 is 9.59 Å². The average molecular weight is 396 g/mol. The number of piperidine rings is 2. The molecule has 2 saturated heterocycles. The minimum Gasteiger partial charge on any atom is -0.343 e. The molecule has 2 aliphatic heterocycles. The molecule has 1 spiro atoms. The molecule has 0 radical (unpaired) electrons. The molecule has 2 aromatic rings. The molecule has 0 aliphatic carbocycles. The van der Waals surface area contributed by atoms with Crippen LogP contribution in [0.3, 0.4) is 0 Å². The van der Waals surface area contributed by atoms with Crippen LogP contribution in [-0.2, 0) is 16.1 Å². The van der Waals surface area contributed by atoms with Crippen molar-refractivity contribution in [1.82, 2.24) is 24.3 Å². The summed E-state index contributed by atoms with van der Waals surface area (Å²) in [4.78, 5) is 37.4. The van der Waals surface area contributed by atoms with Gasteiger partial charge in [0.1, 0.15) is 0 Å². The van der Waals surface area contributed by atoms with E-state index in [9.17, 15) is 9.59 Å². The van der Waals surface area contributed by atoms with Gasteiger partial charge in [-0.1, -0.05) is 6.07 Å². The Bertz CT molecular complexity index is 828. The molecular weight excluding hydrogens is 366 g/mol. The number of hydrogen-bond donors (Lipinski definition) is 0. The second-order valence-electron chi connectivity index (χ2n) is 8.55. The number of amides is 2. The molecule has 29 heavy (non-hydrogen) atoms. The molecule has 2 amide bonds. The quantitative estimate of drug-likeness (QED) is 0.780. The standard InChI is InChI=1S/C22H29N5O2/c1-18(26-12-9-24-17-26)13-21(29)25-10-6-22(7-11-25)5-4-20(28)27(16-22)15-19-3-2-8-23-14-19/h2-3,8-9,12,14,17-18H,4-7,10-11,13,15-16H2,1H3/t18-/m1/s1. The van der Waals surface area contributed by atoms with E-state index in [1.165, 1.54) is 0 Å². The minimum atomic E-state index is 0.114. The predicted molar refractivity (Wildman–Crippen MR) is 109 cm³/mol. The van der Waals surface area contributed by atoms with Crippen LogP contribution in [-0.4, -0.2) is 55.8 Å². The van der Waals surface area contributed by atoms with Crippen LogP contribution < -0.4 is 0 Å². The normalized spacial score (nSPS) is 20.1. The van der Waals surface area contributed by atoms with Gasteiger partial charge in [-0.3, -0.25) is 14.6 Å². The fourth-order valence-corrected chi connectivity index (χ4v) is 4.61. The first-order valence-corrected chi connectivity index (χ1v) is 10.5. The SMILES string of the molecule is C[C@H](CC(=O)N1CCC2(CCC(=O)N(Cc3cccnc3)C2)CC1)n1ccnc1. The molecule has 0 N–H and O–H groups in total. The van der Waals surface area contributed by atoms with Crippen LogP contribution in [0.15, 0.2) is 43.2 Å². The van der Waals surface area contributed by atoms with E-state index in [1.807, 2.05) is 45.8 Å². The number of carbonyl (C=O) groups is 2. The number of nitrogens with zero attached hydrogens (tertiary/aromatic N) is 5. The van der Waals surface area contributed by atoms with Crippen molar-refractivity contribution in [3.8, 4) is 0 Å². The summed E-state index contributed by atoms with van der Waals surface area (Å²) in [5, 5.41) is 0. The second kappa shape index (κ2) is 8.35. The van der Waals surface area contributed by atoms with Crippen molar-refractivity contribution in [3.63, 3.8) is 0 Å². The highest BCUT2D eigenvalue weighted by molar-refractivity contribution is 5.78. The molecule has 0 bridgehead atoms. The van der Waals surface area contributed by atoms with Crippen LogP contribution >= 0.6 is 0 Å². The van der Waals surface area contributed by atoms with E-state index in [4.69, 9.17) is 0 Å². The summed E-state index contributed by atoms with van der Waals surface area (Å²) in [6, 6.07) is 4.04. The fraction of sp³-hybridized carbons (Fsp3) is 0.545. The van der Waals surface area contributed by atoms with Crippen LogP contribution in [0.5, 0.6) is 0 Å². The summed E-state index contributed by atoms with van der Waals surface area (Å²) in [6.45, 7) is 5.02. The Labute approximate surface area is 171 Å². The third-order valence-electron chi connectivity index (χ3n) is 6.53. The first-order valence-electron chi connectivity index (χ1n) is 10.5. The number of hydrogen-bond acceptors (Lipinski definition) is 4. The van der Waals surface area contributed by atoms with Gasteiger partial charge in [0.25, 0.3) is 0 Å². The van der Waals surface area contributed by atoms with E-state index in [2.05, 4.69) is 9.97 Å². The van der Waals surface area contributed by atoms with E-state index in [1.54, 1.807) is 18.7 Å². The molecule has 4 heterocycles. The molecule has 7 heteroatoms. The van der Waals surface area contributed by atoms with Gasteiger partial charge in [0.15, 0.2) is 0 Å². The summed E-state index contributed by atoms with van der Waals surface area (Å²) >= 11 is 0. The first kappa shape index (κ1) is 19.6. The molecule has 0 saturated carbocycles. The summed E-state index contributed by atoms with van der Waals surface area (Å²) < 4.78 is 1.98.